The van der Waals surface area contributed by atoms with Gasteiger partial charge in [0.15, 0.2) is 11.6 Å². The van der Waals surface area contributed by atoms with Gasteiger partial charge in [-0.2, -0.15) is 0 Å². The van der Waals surface area contributed by atoms with Crippen molar-refractivity contribution in [3.05, 3.63) is 29.6 Å². The highest BCUT2D eigenvalue weighted by Gasteiger charge is 2.08. The summed E-state index contributed by atoms with van der Waals surface area (Å²) in [6, 6.07) is 2.26. The van der Waals surface area contributed by atoms with Crippen molar-refractivity contribution in [2.75, 3.05) is 6.54 Å². The SMILES string of the molecule is NCCCCCc1nc2cc(F)c(F)cc2[nH]1. The van der Waals surface area contributed by atoms with Gasteiger partial charge in [-0.1, -0.05) is 6.42 Å². The first-order valence-electron chi connectivity index (χ1n) is 5.74. The lowest BCUT2D eigenvalue weighted by Crippen LogP contribution is -1.98. The van der Waals surface area contributed by atoms with Crippen molar-refractivity contribution in [2.24, 2.45) is 5.73 Å². The van der Waals surface area contributed by atoms with Crippen molar-refractivity contribution >= 4 is 11.0 Å². The lowest BCUT2D eigenvalue weighted by molar-refractivity contribution is 0.510. The van der Waals surface area contributed by atoms with Crippen LogP contribution in [-0.4, -0.2) is 16.5 Å². The van der Waals surface area contributed by atoms with Crippen LogP contribution in [0.25, 0.3) is 11.0 Å². The van der Waals surface area contributed by atoms with E-state index in [2.05, 4.69) is 9.97 Å². The number of H-pyrrole nitrogens is 1. The predicted molar refractivity (Wildman–Crippen MR) is 62.6 cm³/mol. The number of nitrogens with one attached hydrogen (secondary N) is 1. The Bertz CT molecular complexity index is 469. The van der Waals surface area contributed by atoms with E-state index >= 15 is 0 Å². The van der Waals surface area contributed by atoms with Crippen molar-refractivity contribution in [2.45, 2.75) is 25.7 Å². The molecule has 0 unspecified atom stereocenters. The Morgan fingerprint density at radius 3 is 2.65 bits per heavy atom. The first-order chi connectivity index (χ1) is 8.20. The molecule has 0 aliphatic heterocycles. The topological polar surface area (TPSA) is 54.7 Å². The van der Waals surface area contributed by atoms with Gasteiger partial charge in [-0.3, -0.25) is 0 Å². The molecule has 3 N–H and O–H groups in total. The average molecular weight is 239 g/mol. The lowest BCUT2D eigenvalue weighted by atomic mass is 10.2. The molecule has 0 saturated heterocycles. The Hall–Kier alpha value is -1.49. The minimum Gasteiger partial charge on any atom is -0.342 e. The fourth-order valence-corrected chi connectivity index (χ4v) is 1.79. The van der Waals surface area contributed by atoms with Gasteiger partial charge in [0, 0.05) is 18.6 Å². The lowest BCUT2D eigenvalue weighted by Gasteiger charge is -1.95. The summed E-state index contributed by atoms with van der Waals surface area (Å²) in [7, 11) is 0. The van der Waals surface area contributed by atoms with Crippen LogP contribution in [0.1, 0.15) is 25.1 Å². The number of halogens is 2. The Labute approximate surface area is 98.0 Å². The Morgan fingerprint density at radius 1 is 1.12 bits per heavy atom. The minimum absolute atomic E-state index is 0.470. The molecule has 0 aliphatic carbocycles. The molecule has 5 heteroatoms. The third kappa shape index (κ3) is 2.79. The van der Waals surface area contributed by atoms with E-state index in [0.717, 1.165) is 43.6 Å². The molecule has 0 atom stereocenters. The van der Waals surface area contributed by atoms with Crippen LogP contribution < -0.4 is 5.73 Å². The Balaban J connectivity index is 2.09. The molecule has 0 bridgehead atoms. The molecular formula is C12H15F2N3. The van der Waals surface area contributed by atoms with Gasteiger partial charge >= 0.3 is 0 Å². The van der Waals surface area contributed by atoms with Crippen LogP contribution in [0.5, 0.6) is 0 Å². The number of hydrogen-bond donors (Lipinski definition) is 2. The summed E-state index contributed by atoms with van der Waals surface area (Å²) in [4.78, 5) is 7.21. The number of rotatable bonds is 5. The first-order valence-corrected chi connectivity index (χ1v) is 5.74. The second-order valence-electron chi connectivity index (χ2n) is 4.07. The van der Waals surface area contributed by atoms with Gasteiger partial charge in [-0.05, 0) is 19.4 Å². The van der Waals surface area contributed by atoms with E-state index in [9.17, 15) is 8.78 Å². The predicted octanol–water partition coefficient (Wildman–Crippen LogP) is 2.51. The molecule has 0 saturated carbocycles. The molecular weight excluding hydrogens is 224 g/mol. The van der Waals surface area contributed by atoms with Crippen LogP contribution in [-0.2, 0) is 6.42 Å². The normalized spacial score (nSPS) is 11.2. The molecule has 1 aromatic heterocycles. The number of fused-ring (bicyclic) bond motifs is 1. The third-order valence-corrected chi connectivity index (χ3v) is 2.69. The summed E-state index contributed by atoms with van der Waals surface area (Å²) < 4.78 is 25.9. The number of nitrogens with zero attached hydrogens (tertiary/aromatic N) is 1. The second-order valence-corrected chi connectivity index (χ2v) is 4.07. The second kappa shape index (κ2) is 5.23. The summed E-state index contributed by atoms with van der Waals surface area (Å²) in [6.45, 7) is 0.691. The number of aromatic amines is 1. The molecule has 3 nitrogen and oxygen atoms in total. The number of benzene rings is 1. The molecule has 92 valence electrons. The number of hydrogen-bond acceptors (Lipinski definition) is 2. The third-order valence-electron chi connectivity index (χ3n) is 2.69. The standard InChI is InChI=1S/C12H15F2N3/c13-8-6-10-11(7-9(8)14)17-12(16-10)4-2-1-3-5-15/h6-7H,1-5,15H2,(H,16,17). The molecule has 0 aliphatic rings. The summed E-state index contributed by atoms with van der Waals surface area (Å²) in [6.07, 6.45) is 3.78. The van der Waals surface area contributed by atoms with Crippen molar-refractivity contribution in [3.63, 3.8) is 0 Å². The van der Waals surface area contributed by atoms with Gasteiger partial charge < -0.3 is 10.7 Å². The van der Waals surface area contributed by atoms with Crippen LogP contribution in [0.4, 0.5) is 8.78 Å². The van der Waals surface area contributed by atoms with Gasteiger partial charge in [0.1, 0.15) is 5.82 Å². The summed E-state index contributed by atoms with van der Waals surface area (Å²) in [5, 5.41) is 0. The molecule has 2 rings (SSSR count). The Morgan fingerprint density at radius 2 is 1.88 bits per heavy atom. The van der Waals surface area contributed by atoms with E-state index in [1.54, 1.807) is 0 Å². The van der Waals surface area contributed by atoms with Crippen LogP contribution >= 0.6 is 0 Å². The highest BCUT2D eigenvalue weighted by Crippen LogP contribution is 2.17. The smallest absolute Gasteiger partial charge is 0.161 e. The van der Waals surface area contributed by atoms with Crippen molar-refractivity contribution in [1.29, 1.82) is 0 Å². The maximum atomic E-state index is 13.0. The highest BCUT2D eigenvalue weighted by atomic mass is 19.2. The summed E-state index contributed by atoms with van der Waals surface area (Å²) in [5.74, 6) is -0.948. The Kier molecular flexibility index (Phi) is 3.68. The number of unbranched alkanes of at least 4 members (excludes halogenated alkanes) is 2. The van der Waals surface area contributed by atoms with Crippen molar-refractivity contribution in [1.82, 2.24) is 9.97 Å². The van der Waals surface area contributed by atoms with Gasteiger partial charge in [0.25, 0.3) is 0 Å². The van der Waals surface area contributed by atoms with Crippen LogP contribution in [0, 0.1) is 11.6 Å². The molecule has 17 heavy (non-hydrogen) atoms. The van der Waals surface area contributed by atoms with Crippen LogP contribution in [0.2, 0.25) is 0 Å². The van der Waals surface area contributed by atoms with Gasteiger partial charge in [0.05, 0.1) is 11.0 Å². The van der Waals surface area contributed by atoms with E-state index in [-0.39, 0.29) is 0 Å². The molecule has 0 fully saturated rings. The van der Waals surface area contributed by atoms with Crippen LogP contribution in [0.15, 0.2) is 12.1 Å². The number of aryl methyl sites for hydroxylation is 1. The number of nitrogens with two attached hydrogens (primary N) is 1. The van der Waals surface area contributed by atoms with Gasteiger partial charge in [-0.25, -0.2) is 13.8 Å². The van der Waals surface area contributed by atoms with Gasteiger partial charge in [0.2, 0.25) is 0 Å². The average Bonchev–Trinajstić information content (AvgIpc) is 2.67. The minimum atomic E-state index is -0.862. The monoisotopic (exact) mass is 239 g/mol. The van der Waals surface area contributed by atoms with E-state index in [4.69, 9.17) is 5.73 Å². The zero-order valence-corrected chi connectivity index (χ0v) is 9.47. The fourth-order valence-electron chi connectivity index (χ4n) is 1.79. The van der Waals surface area contributed by atoms with E-state index < -0.39 is 11.6 Å². The maximum Gasteiger partial charge on any atom is 0.161 e. The van der Waals surface area contributed by atoms with Gasteiger partial charge in [-0.15, -0.1) is 0 Å². The first kappa shape index (κ1) is 12.0. The molecule has 0 spiro atoms. The zero-order chi connectivity index (χ0) is 12.3. The number of imidazole rings is 1. The molecule has 0 amide bonds. The van der Waals surface area contributed by atoms with E-state index in [1.165, 1.54) is 0 Å². The fraction of sp³-hybridized carbons (Fsp3) is 0.417. The largest absolute Gasteiger partial charge is 0.342 e. The zero-order valence-electron chi connectivity index (χ0n) is 9.47. The van der Waals surface area contributed by atoms with E-state index in [1.807, 2.05) is 0 Å². The molecule has 2 aromatic rings. The van der Waals surface area contributed by atoms with Crippen molar-refractivity contribution < 1.29 is 8.78 Å². The van der Waals surface area contributed by atoms with E-state index in [0.29, 0.717) is 17.6 Å². The van der Waals surface area contributed by atoms with Crippen molar-refractivity contribution in [3.8, 4) is 0 Å². The quantitative estimate of drug-likeness (QED) is 0.788. The number of aromatic nitrogens is 2. The molecule has 0 radical (unpaired) electrons. The van der Waals surface area contributed by atoms with Crippen LogP contribution in [0.3, 0.4) is 0 Å². The maximum absolute atomic E-state index is 13.0. The molecule has 1 aromatic carbocycles. The summed E-state index contributed by atoms with van der Waals surface area (Å²) in [5.41, 5.74) is 6.41. The highest BCUT2D eigenvalue weighted by molar-refractivity contribution is 5.75. The molecule has 1 heterocycles. The summed E-state index contributed by atoms with van der Waals surface area (Å²) >= 11 is 0.